The Labute approximate surface area is 137 Å². The first-order valence-corrected chi connectivity index (χ1v) is 7.77. The van der Waals surface area contributed by atoms with E-state index in [1.807, 2.05) is 0 Å². The molecule has 0 fully saturated rings. The Kier molecular flexibility index (Phi) is 5.28. The topological polar surface area (TPSA) is 76.1 Å². The summed E-state index contributed by atoms with van der Waals surface area (Å²) in [5.74, 6) is -0.0229. The fourth-order valence-corrected chi connectivity index (χ4v) is 2.67. The molecule has 120 valence electrons. The molecule has 0 radical (unpaired) electrons. The largest absolute Gasteiger partial charge is 0.486 e. The van der Waals surface area contributed by atoms with Gasteiger partial charge >= 0.3 is 5.97 Å². The molecule has 1 aliphatic rings. The van der Waals surface area contributed by atoms with E-state index in [1.54, 1.807) is 26.0 Å². The highest BCUT2D eigenvalue weighted by Crippen LogP contribution is 2.35. The number of rotatable bonds is 5. The minimum Gasteiger partial charge on any atom is -0.486 e. The predicted octanol–water partition coefficient (Wildman–Crippen LogP) is 2.08. The van der Waals surface area contributed by atoms with Crippen LogP contribution in [0.2, 0.25) is 0 Å². The number of nitrogens with zero attached hydrogens (tertiary/aromatic N) is 1. The van der Waals surface area contributed by atoms with Gasteiger partial charge in [-0.1, -0.05) is 15.9 Å². The molecular weight excluding hydrogens is 354 g/mol. The zero-order valence-electron chi connectivity index (χ0n) is 12.5. The zero-order valence-corrected chi connectivity index (χ0v) is 14.1. The van der Waals surface area contributed by atoms with Crippen LogP contribution in [0.5, 0.6) is 11.5 Å². The Balaban J connectivity index is 2.18. The van der Waals surface area contributed by atoms with Crippen LogP contribution in [-0.4, -0.2) is 47.7 Å². The fraction of sp³-hybridized carbons (Fsp3) is 0.467. The van der Waals surface area contributed by atoms with Gasteiger partial charge < -0.3 is 19.5 Å². The summed E-state index contributed by atoms with van der Waals surface area (Å²) < 4.78 is 11.7. The Bertz CT molecular complexity index is 588. The van der Waals surface area contributed by atoms with Crippen molar-refractivity contribution in [2.75, 3.05) is 19.8 Å². The first-order valence-electron chi connectivity index (χ1n) is 6.97. The van der Waals surface area contributed by atoms with Crippen molar-refractivity contribution in [3.63, 3.8) is 0 Å². The quantitative estimate of drug-likeness (QED) is 0.857. The van der Waals surface area contributed by atoms with Crippen LogP contribution >= 0.6 is 15.9 Å². The van der Waals surface area contributed by atoms with Gasteiger partial charge in [0.15, 0.2) is 11.5 Å². The van der Waals surface area contributed by atoms with E-state index in [9.17, 15) is 9.59 Å². The van der Waals surface area contributed by atoms with E-state index in [-0.39, 0.29) is 24.9 Å². The van der Waals surface area contributed by atoms with Crippen molar-refractivity contribution in [1.29, 1.82) is 0 Å². The second-order valence-electron chi connectivity index (χ2n) is 5.27. The molecule has 0 aliphatic carbocycles. The number of carboxylic acids is 1. The second kappa shape index (κ2) is 7.00. The molecule has 1 aliphatic heterocycles. The third-order valence-electron chi connectivity index (χ3n) is 3.30. The molecule has 0 bridgehead atoms. The summed E-state index contributed by atoms with van der Waals surface area (Å²) in [6.45, 7) is 4.24. The molecule has 1 heterocycles. The maximum atomic E-state index is 12.4. The monoisotopic (exact) mass is 371 g/mol. The van der Waals surface area contributed by atoms with Crippen molar-refractivity contribution < 1.29 is 24.2 Å². The lowest BCUT2D eigenvalue weighted by Gasteiger charge is -2.25. The summed E-state index contributed by atoms with van der Waals surface area (Å²) in [6, 6.07) is 3.35. The Morgan fingerprint density at radius 1 is 1.27 bits per heavy atom. The molecule has 1 aromatic carbocycles. The van der Waals surface area contributed by atoms with Crippen molar-refractivity contribution in [3.05, 3.63) is 22.2 Å². The van der Waals surface area contributed by atoms with Gasteiger partial charge in [-0.15, -0.1) is 0 Å². The molecule has 0 aromatic heterocycles. The standard InChI is InChI=1S/C15H18BrNO5/c1-9(2)17(8-15(19)20)14(18)6-10-5-12-13(7-11(10)16)22-4-3-21-12/h5,7,9H,3-4,6,8H2,1-2H3,(H,19,20). The third-order valence-corrected chi connectivity index (χ3v) is 4.04. The van der Waals surface area contributed by atoms with E-state index in [1.165, 1.54) is 4.90 Å². The van der Waals surface area contributed by atoms with Gasteiger partial charge in [-0.25, -0.2) is 0 Å². The second-order valence-corrected chi connectivity index (χ2v) is 6.13. The molecule has 2 rings (SSSR count). The first kappa shape index (κ1) is 16.6. The number of carbonyl (C=O) groups excluding carboxylic acids is 1. The minimum absolute atomic E-state index is 0.0999. The van der Waals surface area contributed by atoms with Crippen LogP contribution in [0.1, 0.15) is 19.4 Å². The van der Waals surface area contributed by atoms with Crippen LogP contribution in [0.4, 0.5) is 0 Å². The van der Waals surface area contributed by atoms with Crippen LogP contribution < -0.4 is 9.47 Å². The van der Waals surface area contributed by atoms with Crippen molar-refractivity contribution in [2.24, 2.45) is 0 Å². The number of amides is 1. The lowest BCUT2D eigenvalue weighted by Crippen LogP contribution is -2.41. The van der Waals surface area contributed by atoms with Gasteiger partial charge in [-0.2, -0.15) is 0 Å². The van der Waals surface area contributed by atoms with Crippen LogP contribution in [0.25, 0.3) is 0 Å². The van der Waals surface area contributed by atoms with Gasteiger partial charge in [0, 0.05) is 10.5 Å². The Hall–Kier alpha value is -1.76. The average molecular weight is 372 g/mol. The number of hydrogen-bond acceptors (Lipinski definition) is 4. The molecule has 22 heavy (non-hydrogen) atoms. The van der Waals surface area contributed by atoms with Gasteiger partial charge in [-0.3, -0.25) is 9.59 Å². The molecule has 1 N–H and O–H groups in total. The summed E-state index contributed by atoms with van der Waals surface area (Å²) in [7, 11) is 0. The molecule has 0 saturated carbocycles. The fourth-order valence-electron chi connectivity index (χ4n) is 2.21. The van der Waals surface area contributed by atoms with E-state index in [0.29, 0.717) is 24.7 Å². The summed E-state index contributed by atoms with van der Waals surface area (Å²) in [5, 5.41) is 8.92. The summed E-state index contributed by atoms with van der Waals surface area (Å²) in [4.78, 5) is 24.6. The highest BCUT2D eigenvalue weighted by atomic mass is 79.9. The number of benzene rings is 1. The van der Waals surface area contributed by atoms with Crippen molar-refractivity contribution in [3.8, 4) is 11.5 Å². The van der Waals surface area contributed by atoms with Crippen molar-refractivity contribution >= 4 is 27.8 Å². The number of halogens is 1. The highest BCUT2D eigenvalue weighted by molar-refractivity contribution is 9.10. The molecule has 7 heteroatoms. The normalized spacial score (nSPS) is 13.1. The van der Waals surface area contributed by atoms with E-state index < -0.39 is 5.97 Å². The number of ether oxygens (including phenoxy) is 2. The number of carboxylic acid groups (broad SMARTS) is 1. The minimum atomic E-state index is -1.02. The summed E-state index contributed by atoms with van der Waals surface area (Å²) in [6.07, 6.45) is 0.0999. The molecule has 0 saturated heterocycles. The first-order chi connectivity index (χ1) is 10.4. The zero-order chi connectivity index (χ0) is 16.3. The summed E-state index contributed by atoms with van der Waals surface area (Å²) >= 11 is 3.42. The van der Waals surface area contributed by atoms with Gasteiger partial charge in [0.1, 0.15) is 19.8 Å². The van der Waals surface area contributed by atoms with Gasteiger partial charge in [0.25, 0.3) is 0 Å². The Morgan fingerprint density at radius 2 is 1.86 bits per heavy atom. The molecule has 0 atom stereocenters. The summed E-state index contributed by atoms with van der Waals surface area (Å²) in [5.41, 5.74) is 0.741. The number of fused-ring (bicyclic) bond motifs is 1. The van der Waals surface area contributed by atoms with E-state index in [4.69, 9.17) is 14.6 Å². The molecule has 1 aromatic rings. The molecule has 1 amide bonds. The van der Waals surface area contributed by atoms with Crippen molar-refractivity contribution in [2.45, 2.75) is 26.3 Å². The number of carbonyl (C=O) groups is 2. The third kappa shape index (κ3) is 3.91. The van der Waals surface area contributed by atoms with Gasteiger partial charge in [-0.05, 0) is 31.5 Å². The van der Waals surface area contributed by atoms with Gasteiger partial charge in [0.05, 0.1) is 6.42 Å². The smallest absolute Gasteiger partial charge is 0.323 e. The number of hydrogen-bond donors (Lipinski definition) is 1. The maximum absolute atomic E-state index is 12.4. The van der Waals surface area contributed by atoms with E-state index >= 15 is 0 Å². The van der Waals surface area contributed by atoms with Crippen LogP contribution in [0.15, 0.2) is 16.6 Å². The maximum Gasteiger partial charge on any atom is 0.323 e. The lowest BCUT2D eigenvalue weighted by molar-refractivity contribution is -0.145. The molecule has 0 unspecified atom stereocenters. The predicted molar refractivity (Wildman–Crippen MR) is 83.3 cm³/mol. The van der Waals surface area contributed by atoms with E-state index in [2.05, 4.69) is 15.9 Å². The average Bonchev–Trinajstić information content (AvgIpc) is 2.45. The van der Waals surface area contributed by atoms with Crippen LogP contribution in [0, 0.1) is 0 Å². The highest BCUT2D eigenvalue weighted by Gasteiger charge is 2.22. The lowest BCUT2D eigenvalue weighted by atomic mass is 10.1. The van der Waals surface area contributed by atoms with E-state index in [0.717, 1.165) is 10.0 Å². The van der Waals surface area contributed by atoms with Crippen molar-refractivity contribution in [1.82, 2.24) is 4.90 Å². The van der Waals surface area contributed by atoms with Crippen LogP contribution in [-0.2, 0) is 16.0 Å². The molecular formula is C15H18BrNO5. The van der Waals surface area contributed by atoms with Gasteiger partial charge in [0.2, 0.25) is 5.91 Å². The Morgan fingerprint density at radius 3 is 2.41 bits per heavy atom. The SMILES string of the molecule is CC(C)N(CC(=O)O)C(=O)Cc1cc2c(cc1Br)OCCO2. The molecule has 6 nitrogen and oxygen atoms in total. The molecule has 0 spiro atoms. The van der Waals surface area contributed by atoms with Crippen LogP contribution in [0.3, 0.4) is 0 Å². The number of aliphatic carboxylic acids is 1.